The number of morpholine rings is 1. The van der Waals surface area contributed by atoms with Gasteiger partial charge < -0.3 is 14.8 Å². The minimum Gasteiger partial charge on any atom is -0.433 e. The first-order valence-electron chi connectivity index (χ1n) is 7.14. The van der Waals surface area contributed by atoms with E-state index < -0.39 is 6.61 Å². The molecule has 1 amide bonds. The molecule has 0 bridgehead atoms. The summed E-state index contributed by atoms with van der Waals surface area (Å²) in [4.78, 5) is 14.4. The molecule has 0 saturated carbocycles. The van der Waals surface area contributed by atoms with Gasteiger partial charge >= 0.3 is 6.61 Å². The highest BCUT2D eigenvalue weighted by molar-refractivity contribution is 7.12. The minimum atomic E-state index is -2.93. The fraction of sp³-hybridized carbons (Fsp3) is 0.643. The number of carbonyl (C=O) groups excluding carboxylic acids is 1. The summed E-state index contributed by atoms with van der Waals surface area (Å²) in [7, 11) is 0. The van der Waals surface area contributed by atoms with Gasteiger partial charge in [-0.05, 0) is 25.3 Å². The molecule has 5 nitrogen and oxygen atoms in total. The molecular formula is C14H20F2N2O3S. The third kappa shape index (κ3) is 4.89. The molecule has 0 spiro atoms. The Morgan fingerprint density at radius 2 is 2.18 bits per heavy atom. The molecule has 1 fully saturated rings. The molecule has 22 heavy (non-hydrogen) atoms. The molecule has 2 heterocycles. The van der Waals surface area contributed by atoms with Crippen LogP contribution in [0, 0.1) is 0 Å². The molecule has 1 aliphatic heterocycles. The maximum atomic E-state index is 12.2. The maximum Gasteiger partial charge on any atom is 0.387 e. The Morgan fingerprint density at radius 3 is 2.82 bits per heavy atom. The number of halogens is 2. The van der Waals surface area contributed by atoms with Crippen LogP contribution in [-0.2, 0) is 4.74 Å². The average molecular weight is 334 g/mol. The largest absolute Gasteiger partial charge is 0.433 e. The Labute approximate surface area is 132 Å². The number of carbonyl (C=O) groups is 1. The van der Waals surface area contributed by atoms with Crippen molar-refractivity contribution in [3.05, 3.63) is 16.3 Å². The lowest BCUT2D eigenvalue weighted by atomic mass is 10.2. The van der Waals surface area contributed by atoms with Crippen molar-refractivity contribution < 1.29 is 23.0 Å². The highest BCUT2D eigenvalue weighted by Gasteiger charge is 2.22. The number of rotatable bonds is 6. The van der Waals surface area contributed by atoms with E-state index in [1.165, 1.54) is 6.07 Å². The van der Waals surface area contributed by atoms with Crippen LogP contribution in [0.4, 0.5) is 8.78 Å². The molecule has 1 aromatic heterocycles. The predicted octanol–water partition coefficient (Wildman–Crippen LogP) is 2.19. The van der Waals surface area contributed by atoms with Gasteiger partial charge in [0.1, 0.15) is 10.6 Å². The maximum absolute atomic E-state index is 12.2. The van der Waals surface area contributed by atoms with Gasteiger partial charge in [0, 0.05) is 26.2 Å². The first kappa shape index (κ1) is 17.1. The monoisotopic (exact) mass is 334 g/mol. The second-order valence-electron chi connectivity index (χ2n) is 5.27. The molecular weight excluding hydrogens is 314 g/mol. The number of hydrogen-bond acceptors (Lipinski definition) is 5. The molecule has 0 radical (unpaired) electrons. The first-order chi connectivity index (χ1) is 10.5. The number of amides is 1. The van der Waals surface area contributed by atoms with Gasteiger partial charge in [0.25, 0.3) is 5.91 Å². The van der Waals surface area contributed by atoms with E-state index in [-0.39, 0.29) is 28.7 Å². The summed E-state index contributed by atoms with van der Waals surface area (Å²) in [6.45, 7) is 3.88. The molecule has 0 aromatic carbocycles. The Bertz CT molecular complexity index is 488. The van der Waals surface area contributed by atoms with Crippen LogP contribution in [0.15, 0.2) is 11.4 Å². The zero-order chi connectivity index (χ0) is 16.1. The van der Waals surface area contributed by atoms with Crippen LogP contribution >= 0.6 is 11.3 Å². The van der Waals surface area contributed by atoms with Gasteiger partial charge in [-0.15, -0.1) is 11.3 Å². The second-order valence-corrected chi connectivity index (χ2v) is 6.18. The quantitative estimate of drug-likeness (QED) is 0.866. The van der Waals surface area contributed by atoms with Gasteiger partial charge in [-0.25, -0.2) is 0 Å². The predicted molar refractivity (Wildman–Crippen MR) is 79.7 cm³/mol. The van der Waals surface area contributed by atoms with Gasteiger partial charge in [0.15, 0.2) is 0 Å². The van der Waals surface area contributed by atoms with Crippen molar-refractivity contribution in [1.29, 1.82) is 0 Å². The van der Waals surface area contributed by atoms with Gasteiger partial charge in [0.2, 0.25) is 0 Å². The summed E-state index contributed by atoms with van der Waals surface area (Å²) in [5.74, 6) is -0.467. The molecule has 1 saturated heterocycles. The van der Waals surface area contributed by atoms with Crippen molar-refractivity contribution >= 4 is 17.2 Å². The highest BCUT2D eigenvalue weighted by Crippen LogP contribution is 2.26. The van der Waals surface area contributed by atoms with Crippen molar-refractivity contribution in [2.75, 3.05) is 26.2 Å². The molecule has 1 aliphatic rings. The van der Waals surface area contributed by atoms with Crippen molar-refractivity contribution in [2.24, 2.45) is 0 Å². The van der Waals surface area contributed by atoms with E-state index in [1.807, 2.05) is 13.8 Å². The van der Waals surface area contributed by atoms with Crippen molar-refractivity contribution in [2.45, 2.75) is 32.7 Å². The third-order valence-corrected chi connectivity index (χ3v) is 4.15. The van der Waals surface area contributed by atoms with Crippen molar-refractivity contribution in [3.8, 4) is 5.75 Å². The van der Waals surface area contributed by atoms with Crippen molar-refractivity contribution in [3.63, 3.8) is 0 Å². The van der Waals surface area contributed by atoms with E-state index in [0.29, 0.717) is 13.1 Å². The highest BCUT2D eigenvalue weighted by atomic mass is 32.1. The smallest absolute Gasteiger partial charge is 0.387 e. The van der Waals surface area contributed by atoms with E-state index in [1.54, 1.807) is 5.38 Å². The number of ether oxygens (including phenoxy) is 2. The summed E-state index contributed by atoms with van der Waals surface area (Å²) in [5.41, 5.74) is 0. The van der Waals surface area contributed by atoms with Crippen LogP contribution in [0.1, 0.15) is 23.5 Å². The topological polar surface area (TPSA) is 50.8 Å². The number of nitrogens with zero attached hydrogens (tertiary/aromatic N) is 1. The third-order valence-electron chi connectivity index (χ3n) is 3.26. The van der Waals surface area contributed by atoms with Crippen LogP contribution < -0.4 is 10.1 Å². The number of nitrogens with one attached hydrogen (secondary N) is 1. The minimum absolute atomic E-state index is 0.0777. The SMILES string of the molecule is C[C@@H]1CN(CCNC(=O)c2sccc2OC(F)F)C[C@@H](C)O1. The molecule has 124 valence electrons. The van der Waals surface area contributed by atoms with Crippen LogP contribution in [0.3, 0.4) is 0 Å². The molecule has 0 aliphatic carbocycles. The lowest BCUT2D eigenvalue weighted by Gasteiger charge is -2.35. The van der Waals surface area contributed by atoms with E-state index in [4.69, 9.17) is 4.74 Å². The second kappa shape index (κ2) is 7.85. The van der Waals surface area contributed by atoms with Gasteiger partial charge in [-0.1, -0.05) is 0 Å². The van der Waals surface area contributed by atoms with Gasteiger partial charge in [-0.3, -0.25) is 9.69 Å². The zero-order valence-corrected chi connectivity index (χ0v) is 13.4. The van der Waals surface area contributed by atoms with Crippen LogP contribution in [0.2, 0.25) is 0 Å². The Morgan fingerprint density at radius 1 is 1.50 bits per heavy atom. The van der Waals surface area contributed by atoms with E-state index in [9.17, 15) is 13.6 Å². The standard InChI is InChI=1S/C14H20F2N2O3S/c1-9-7-18(8-10(2)20-9)5-4-17-13(19)12-11(3-6-22-12)21-14(15)16/h3,6,9-10,14H,4-5,7-8H2,1-2H3,(H,17,19)/t9-,10-/m1/s1. The molecule has 0 unspecified atom stereocenters. The summed E-state index contributed by atoms with van der Waals surface area (Å²) >= 11 is 1.08. The van der Waals surface area contributed by atoms with E-state index >= 15 is 0 Å². The summed E-state index contributed by atoms with van der Waals surface area (Å²) < 4.78 is 34.4. The lowest BCUT2D eigenvalue weighted by molar-refractivity contribution is -0.0672. The normalized spacial score (nSPS) is 22.8. The molecule has 1 N–H and O–H groups in total. The average Bonchev–Trinajstić information content (AvgIpc) is 2.84. The Kier molecular flexibility index (Phi) is 6.10. The zero-order valence-electron chi connectivity index (χ0n) is 12.6. The van der Waals surface area contributed by atoms with Crippen LogP contribution in [0.25, 0.3) is 0 Å². The van der Waals surface area contributed by atoms with Crippen LogP contribution in [0.5, 0.6) is 5.75 Å². The molecule has 8 heteroatoms. The number of alkyl halides is 2. The van der Waals surface area contributed by atoms with Gasteiger partial charge in [-0.2, -0.15) is 8.78 Å². The Hall–Kier alpha value is -1.25. The Balaban J connectivity index is 1.79. The first-order valence-corrected chi connectivity index (χ1v) is 8.02. The molecule has 1 aromatic rings. The van der Waals surface area contributed by atoms with E-state index in [0.717, 1.165) is 24.4 Å². The van der Waals surface area contributed by atoms with Crippen LogP contribution in [-0.4, -0.2) is 55.8 Å². The fourth-order valence-corrected chi connectivity index (χ4v) is 3.27. The van der Waals surface area contributed by atoms with Crippen molar-refractivity contribution in [1.82, 2.24) is 10.2 Å². The lowest BCUT2D eigenvalue weighted by Crippen LogP contribution is -2.47. The van der Waals surface area contributed by atoms with E-state index in [2.05, 4.69) is 15.0 Å². The number of hydrogen-bond donors (Lipinski definition) is 1. The summed E-state index contributed by atoms with van der Waals surface area (Å²) in [6.07, 6.45) is 0.339. The summed E-state index contributed by atoms with van der Waals surface area (Å²) in [5, 5.41) is 4.29. The molecule has 2 atom stereocenters. The van der Waals surface area contributed by atoms with Gasteiger partial charge in [0.05, 0.1) is 12.2 Å². The molecule has 2 rings (SSSR count). The summed E-state index contributed by atoms with van der Waals surface area (Å²) in [6, 6.07) is 1.37. The number of thiophene rings is 1. The fourth-order valence-electron chi connectivity index (χ4n) is 2.53.